The van der Waals surface area contributed by atoms with Crippen molar-refractivity contribution in [3.63, 3.8) is 0 Å². The van der Waals surface area contributed by atoms with Crippen LogP contribution in [0.3, 0.4) is 0 Å². The van der Waals surface area contributed by atoms with Gasteiger partial charge < -0.3 is 9.21 Å². The van der Waals surface area contributed by atoms with Gasteiger partial charge in [0.05, 0.1) is 11.9 Å². The molecule has 15 heavy (non-hydrogen) atoms. The Bertz CT molecular complexity index is 316. The molecule has 0 radical (unpaired) electrons. The molecule has 1 aromatic carbocycles. The number of amides is 1. The highest BCUT2D eigenvalue weighted by Crippen LogP contribution is 2.21. The number of carbonyl (C=O) groups excluding carboxylic acids is 1. The molecule has 0 fully saturated rings. The Balaban J connectivity index is 2.56. The molecule has 0 heterocycles. The maximum atomic E-state index is 11.6. The summed E-state index contributed by atoms with van der Waals surface area (Å²) in [4.78, 5) is 13.3. The SMILES string of the molecule is CCN(C)C(=O)SN(C)c1ccccc1. The third kappa shape index (κ3) is 3.47. The minimum Gasteiger partial charge on any atom is -0.335 e. The van der Waals surface area contributed by atoms with E-state index in [1.807, 2.05) is 48.6 Å². The highest BCUT2D eigenvalue weighted by molar-refractivity contribution is 8.14. The summed E-state index contributed by atoms with van der Waals surface area (Å²) in [5.41, 5.74) is 1.03. The molecule has 0 unspecified atom stereocenters. The van der Waals surface area contributed by atoms with E-state index in [4.69, 9.17) is 0 Å². The second-order valence-electron chi connectivity index (χ2n) is 3.20. The topological polar surface area (TPSA) is 23.6 Å². The average molecular weight is 224 g/mol. The summed E-state index contributed by atoms with van der Waals surface area (Å²) in [5.74, 6) is 0. The van der Waals surface area contributed by atoms with Crippen molar-refractivity contribution in [1.82, 2.24) is 4.90 Å². The van der Waals surface area contributed by atoms with Crippen molar-refractivity contribution >= 4 is 22.9 Å². The Kier molecular flexibility index (Phi) is 4.49. The molecule has 0 aliphatic rings. The van der Waals surface area contributed by atoms with Crippen molar-refractivity contribution in [1.29, 1.82) is 0 Å². The first-order valence-corrected chi connectivity index (χ1v) is 5.64. The second kappa shape index (κ2) is 5.66. The fraction of sp³-hybridized carbons (Fsp3) is 0.364. The number of carbonyl (C=O) groups is 1. The van der Waals surface area contributed by atoms with Gasteiger partial charge in [0.15, 0.2) is 0 Å². The first-order valence-electron chi connectivity index (χ1n) is 4.87. The maximum absolute atomic E-state index is 11.6. The van der Waals surface area contributed by atoms with Crippen molar-refractivity contribution in [2.75, 3.05) is 24.9 Å². The van der Waals surface area contributed by atoms with Gasteiger partial charge in [0, 0.05) is 26.3 Å². The van der Waals surface area contributed by atoms with Crippen LogP contribution in [-0.4, -0.2) is 30.8 Å². The zero-order valence-electron chi connectivity index (χ0n) is 9.30. The Morgan fingerprint density at radius 3 is 2.40 bits per heavy atom. The molecule has 0 saturated heterocycles. The summed E-state index contributed by atoms with van der Waals surface area (Å²) in [6.07, 6.45) is 0. The lowest BCUT2D eigenvalue weighted by molar-refractivity contribution is 0.235. The molecule has 1 rings (SSSR count). The third-order valence-corrected chi connectivity index (χ3v) is 3.07. The van der Waals surface area contributed by atoms with Gasteiger partial charge in [-0.15, -0.1) is 0 Å². The van der Waals surface area contributed by atoms with E-state index >= 15 is 0 Å². The summed E-state index contributed by atoms with van der Waals surface area (Å²) >= 11 is 1.21. The van der Waals surface area contributed by atoms with Gasteiger partial charge in [0.25, 0.3) is 0 Å². The monoisotopic (exact) mass is 224 g/mol. The van der Waals surface area contributed by atoms with Gasteiger partial charge in [-0.2, -0.15) is 0 Å². The first-order chi connectivity index (χ1) is 7.15. The Morgan fingerprint density at radius 1 is 1.27 bits per heavy atom. The van der Waals surface area contributed by atoms with Crippen LogP contribution in [-0.2, 0) is 0 Å². The van der Waals surface area contributed by atoms with Crippen LogP contribution in [0.5, 0.6) is 0 Å². The molecule has 0 aliphatic carbocycles. The normalized spacial score (nSPS) is 9.80. The average Bonchev–Trinajstić information content (AvgIpc) is 2.29. The van der Waals surface area contributed by atoms with Crippen LogP contribution >= 0.6 is 11.9 Å². The van der Waals surface area contributed by atoms with Crippen LogP contribution in [0.25, 0.3) is 0 Å². The predicted octanol–water partition coefficient (Wildman–Crippen LogP) is 2.84. The van der Waals surface area contributed by atoms with E-state index in [0.29, 0.717) is 0 Å². The lowest BCUT2D eigenvalue weighted by Gasteiger charge is -2.20. The number of anilines is 1. The largest absolute Gasteiger partial charge is 0.335 e. The molecular formula is C11H16N2OS. The molecule has 1 amide bonds. The maximum Gasteiger partial charge on any atom is 0.302 e. The van der Waals surface area contributed by atoms with E-state index < -0.39 is 0 Å². The van der Waals surface area contributed by atoms with Crippen LogP contribution in [0.4, 0.5) is 10.5 Å². The highest BCUT2D eigenvalue weighted by Gasteiger charge is 2.11. The Labute approximate surface area is 95.2 Å². The van der Waals surface area contributed by atoms with Crippen LogP contribution in [0.1, 0.15) is 6.92 Å². The molecule has 0 saturated carbocycles. The van der Waals surface area contributed by atoms with E-state index in [1.165, 1.54) is 11.9 Å². The fourth-order valence-electron chi connectivity index (χ4n) is 1.01. The van der Waals surface area contributed by atoms with Gasteiger partial charge in [0.1, 0.15) is 0 Å². The third-order valence-electron chi connectivity index (χ3n) is 2.12. The van der Waals surface area contributed by atoms with Crippen LogP contribution in [0.2, 0.25) is 0 Å². The van der Waals surface area contributed by atoms with E-state index in [9.17, 15) is 4.79 Å². The summed E-state index contributed by atoms with van der Waals surface area (Å²) in [6.45, 7) is 2.69. The zero-order valence-corrected chi connectivity index (χ0v) is 10.1. The summed E-state index contributed by atoms with van der Waals surface area (Å²) in [6, 6.07) is 9.83. The number of rotatable bonds is 3. The lowest BCUT2D eigenvalue weighted by atomic mass is 10.3. The van der Waals surface area contributed by atoms with Crippen molar-refractivity contribution in [2.45, 2.75) is 6.92 Å². The standard InChI is InChI=1S/C11H16N2OS/c1-4-12(2)11(14)15-13(3)10-8-6-5-7-9-10/h5-9H,4H2,1-3H3. The summed E-state index contributed by atoms with van der Waals surface area (Å²) < 4.78 is 1.87. The number of nitrogens with zero attached hydrogens (tertiary/aromatic N) is 2. The predicted molar refractivity (Wildman–Crippen MR) is 66.1 cm³/mol. The lowest BCUT2D eigenvalue weighted by Crippen LogP contribution is -2.25. The number of hydrogen-bond acceptors (Lipinski definition) is 3. The van der Waals surface area contributed by atoms with Gasteiger partial charge in [-0.05, 0) is 19.1 Å². The second-order valence-corrected chi connectivity index (χ2v) is 4.28. The van der Waals surface area contributed by atoms with Crippen LogP contribution < -0.4 is 4.31 Å². The van der Waals surface area contributed by atoms with E-state index in [1.54, 1.807) is 11.9 Å². The molecule has 0 aromatic heterocycles. The van der Waals surface area contributed by atoms with Gasteiger partial charge in [-0.1, -0.05) is 18.2 Å². The van der Waals surface area contributed by atoms with E-state index in [0.717, 1.165) is 12.2 Å². The van der Waals surface area contributed by atoms with Crippen molar-refractivity contribution < 1.29 is 4.79 Å². The summed E-state index contributed by atoms with van der Waals surface area (Å²) in [7, 11) is 3.69. The van der Waals surface area contributed by atoms with Crippen LogP contribution in [0, 0.1) is 0 Å². The molecule has 4 heteroatoms. The Morgan fingerprint density at radius 2 is 1.87 bits per heavy atom. The first kappa shape index (κ1) is 11.9. The molecule has 0 aliphatic heterocycles. The molecule has 0 spiro atoms. The van der Waals surface area contributed by atoms with Crippen molar-refractivity contribution in [3.8, 4) is 0 Å². The van der Waals surface area contributed by atoms with Gasteiger partial charge in [-0.3, -0.25) is 4.79 Å². The van der Waals surface area contributed by atoms with Crippen molar-refractivity contribution in [2.24, 2.45) is 0 Å². The molecule has 0 N–H and O–H groups in total. The van der Waals surface area contributed by atoms with Gasteiger partial charge in [-0.25, -0.2) is 0 Å². The van der Waals surface area contributed by atoms with E-state index in [-0.39, 0.29) is 5.24 Å². The quantitative estimate of drug-likeness (QED) is 0.738. The number of benzene rings is 1. The molecule has 3 nitrogen and oxygen atoms in total. The van der Waals surface area contributed by atoms with Crippen molar-refractivity contribution in [3.05, 3.63) is 30.3 Å². The zero-order chi connectivity index (χ0) is 11.3. The van der Waals surface area contributed by atoms with Gasteiger partial charge >= 0.3 is 5.24 Å². The Hall–Kier alpha value is -1.16. The minimum atomic E-state index is 0.0591. The minimum absolute atomic E-state index is 0.0591. The van der Waals surface area contributed by atoms with Gasteiger partial charge in [0.2, 0.25) is 0 Å². The molecular weight excluding hydrogens is 208 g/mol. The number of hydrogen-bond donors (Lipinski definition) is 0. The molecule has 0 bridgehead atoms. The van der Waals surface area contributed by atoms with E-state index in [2.05, 4.69) is 0 Å². The van der Waals surface area contributed by atoms with Crippen LogP contribution in [0.15, 0.2) is 30.3 Å². The number of para-hydroxylation sites is 1. The smallest absolute Gasteiger partial charge is 0.302 e. The molecule has 0 atom stereocenters. The fourth-order valence-corrected chi connectivity index (χ4v) is 1.74. The molecule has 1 aromatic rings. The highest BCUT2D eigenvalue weighted by atomic mass is 32.2. The summed E-state index contributed by atoms with van der Waals surface area (Å²) in [5, 5.41) is 0.0591. The molecule has 82 valence electrons.